The molecule has 0 aliphatic carbocycles. The number of sulfonamides is 1. The summed E-state index contributed by atoms with van der Waals surface area (Å²) < 4.78 is 64.5. The smallest absolute Gasteiger partial charge is 0.355 e. The number of amides is 1. The van der Waals surface area contributed by atoms with Crippen LogP contribution in [0.1, 0.15) is 19.4 Å². The molecule has 0 unspecified atom stereocenters. The fourth-order valence-corrected chi connectivity index (χ4v) is 3.04. The van der Waals surface area contributed by atoms with E-state index in [9.17, 15) is 26.4 Å². The van der Waals surface area contributed by atoms with Crippen molar-refractivity contribution in [3.63, 3.8) is 0 Å². The first-order valence-corrected chi connectivity index (χ1v) is 7.54. The Morgan fingerprint density at radius 2 is 1.86 bits per heavy atom. The highest BCUT2D eigenvalue weighted by Crippen LogP contribution is 2.33. The number of carbonyl (C=O) groups is 1. The molecule has 1 aromatic carbocycles. The first-order chi connectivity index (χ1) is 9.59. The molecule has 0 bridgehead atoms. The van der Waals surface area contributed by atoms with Gasteiger partial charge < -0.3 is 5.32 Å². The predicted molar refractivity (Wildman–Crippen MR) is 69.9 cm³/mol. The van der Waals surface area contributed by atoms with Gasteiger partial charge in [0.1, 0.15) is 0 Å². The van der Waals surface area contributed by atoms with Crippen LogP contribution in [0, 0.1) is 0 Å². The molecule has 0 aliphatic heterocycles. The summed E-state index contributed by atoms with van der Waals surface area (Å²) in [5.41, 5.74) is -1.28. The summed E-state index contributed by atoms with van der Waals surface area (Å²) in [4.78, 5) is 10.6. The Hall–Kier alpha value is -1.61. The number of hydrogen-bond donors (Lipinski definition) is 2. The molecule has 1 aromatic rings. The number of rotatable bonds is 5. The largest absolute Gasteiger partial charge is 0.417 e. The lowest BCUT2D eigenvalue weighted by Gasteiger charge is -2.17. The maximum Gasteiger partial charge on any atom is 0.417 e. The molecule has 0 fully saturated rings. The van der Waals surface area contributed by atoms with Crippen LogP contribution in [-0.4, -0.2) is 26.9 Å². The van der Waals surface area contributed by atoms with E-state index in [0.717, 1.165) is 12.1 Å². The van der Waals surface area contributed by atoms with E-state index in [0.29, 0.717) is 6.07 Å². The Morgan fingerprint density at radius 1 is 1.29 bits per heavy atom. The van der Waals surface area contributed by atoms with Gasteiger partial charge in [0.05, 0.1) is 16.5 Å². The number of benzene rings is 1. The van der Waals surface area contributed by atoms with Crippen molar-refractivity contribution in [3.05, 3.63) is 29.8 Å². The third kappa shape index (κ3) is 4.43. The molecule has 2 N–H and O–H groups in total. The van der Waals surface area contributed by atoms with Gasteiger partial charge in [-0.1, -0.05) is 12.1 Å². The number of nitrogens with one attached hydrogen (secondary N) is 2. The fourth-order valence-electron chi connectivity index (χ4n) is 1.61. The molecule has 1 amide bonds. The van der Waals surface area contributed by atoms with Gasteiger partial charge in [-0.15, -0.1) is 0 Å². The van der Waals surface area contributed by atoms with Crippen LogP contribution in [0.15, 0.2) is 29.2 Å². The highest BCUT2D eigenvalue weighted by molar-refractivity contribution is 7.89. The molecular weight excluding hydrogens is 309 g/mol. The van der Waals surface area contributed by atoms with E-state index in [1.54, 1.807) is 6.92 Å². The van der Waals surface area contributed by atoms with Crippen LogP contribution < -0.4 is 10.0 Å². The first-order valence-electron chi connectivity index (χ1n) is 6.06. The molecule has 0 heterocycles. The van der Waals surface area contributed by atoms with Crippen LogP contribution in [0.2, 0.25) is 0 Å². The molecule has 0 saturated heterocycles. The van der Waals surface area contributed by atoms with Crippen LogP contribution in [0.25, 0.3) is 0 Å². The zero-order chi connectivity index (χ0) is 16.3. The molecule has 1 atom stereocenters. The zero-order valence-electron chi connectivity index (χ0n) is 11.4. The molecule has 0 aliphatic rings. The van der Waals surface area contributed by atoms with Gasteiger partial charge >= 0.3 is 6.18 Å². The van der Waals surface area contributed by atoms with Crippen molar-refractivity contribution in [2.75, 3.05) is 6.54 Å². The quantitative estimate of drug-likeness (QED) is 0.862. The minimum absolute atomic E-state index is 0.282. The number of likely N-dealkylation sites (N-methyl/N-ethyl adjacent to an activating group) is 1. The topological polar surface area (TPSA) is 75.3 Å². The lowest BCUT2D eigenvalue weighted by molar-refractivity contribution is -0.139. The lowest BCUT2D eigenvalue weighted by Crippen LogP contribution is -2.44. The number of alkyl halides is 3. The van der Waals surface area contributed by atoms with Crippen molar-refractivity contribution >= 4 is 15.9 Å². The maximum absolute atomic E-state index is 12.8. The second kappa shape index (κ2) is 6.44. The van der Waals surface area contributed by atoms with Crippen molar-refractivity contribution in [2.45, 2.75) is 31.0 Å². The number of halogens is 3. The molecule has 0 radical (unpaired) electrons. The standard InChI is InChI=1S/C12H15F3N2O3S/c1-3-16-11(18)8(2)17-21(19,20)10-7-5-4-6-9(10)12(13,14)15/h4-8,17H,3H2,1-2H3,(H,16,18)/t8-/m1/s1. The minimum Gasteiger partial charge on any atom is -0.355 e. The molecular formula is C12H15F3N2O3S. The molecule has 5 nitrogen and oxygen atoms in total. The summed E-state index contributed by atoms with van der Waals surface area (Å²) in [6.45, 7) is 3.17. The second-order valence-electron chi connectivity index (χ2n) is 4.23. The van der Waals surface area contributed by atoms with Crippen LogP contribution in [-0.2, 0) is 21.0 Å². The van der Waals surface area contributed by atoms with E-state index in [4.69, 9.17) is 0 Å². The third-order valence-corrected chi connectivity index (χ3v) is 4.16. The van der Waals surface area contributed by atoms with Crippen molar-refractivity contribution in [3.8, 4) is 0 Å². The van der Waals surface area contributed by atoms with Crippen LogP contribution in [0.5, 0.6) is 0 Å². The van der Waals surface area contributed by atoms with E-state index >= 15 is 0 Å². The van der Waals surface area contributed by atoms with E-state index in [-0.39, 0.29) is 6.54 Å². The summed E-state index contributed by atoms with van der Waals surface area (Å²) in [6.07, 6.45) is -4.81. The average Bonchev–Trinajstić information content (AvgIpc) is 2.37. The van der Waals surface area contributed by atoms with E-state index in [1.165, 1.54) is 13.0 Å². The fraction of sp³-hybridized carbons (Fsp3) is 0.417. The summed E-state index contributed by atoms with van der Waals surface area (Å²) in [7, 11) is -4.47. The van der Waals surface area contributed by atoms with Gasteiger partial charge in [-0.05, 0) is 26.0 Å². The third-order valence-electron chi connectivity index (χ3n) is 2.56. The van der Waals surface area contributed by atoms with Gasteiger partial charge in [0.25, 0.3) is 0 Å². The van der Waals surface area contributed by atoms with Gasteiger partial charge in [0, 0.05) is 6.54 Å². The van der Waals surface area contributed by atoms with E-state index < -0.39 is 38.6 Å². The SMILES string of the molecule is CCNC(=O)[C@@H](C)NS(=O)(=O)c1ccccc1C(F)(F)F. The Bertz CT molecular complexity index is 614. The molecule has 0 spiro atoms. The zero-order valence-corrected chi connectivity index (χ0v) is 12.2. The Morgan fingerprint density at radius 3 is 2.38 bits per heavy atom. The lowest BCUT2D eigenvalue weighted by atomic mass is 10.2. The molecule has 21 heavy (non-hydrogen) atoms. The number of carbonyl (C=O) groups excluding carboxylic acids is 1. The van der Waals surface area contributed by atoms with Crippen molar-refractivity contribution < 1.29 is 26.4 Å². The molecule has 0 saturated carbocycles. The van der Waals surface area contributed by atoms with Crippen molar-refractivity contribution in [1.29, 1.82) is 0 Å². The maximum atomic E-state index is 12.8. The Labute approximate surface area is 120 Å². The van der Waals surface area contributed by atoms with Gasteiger partial charge in [-0.3, -0.25) is 4.79 Å². The normalized spacial score (nSPS) is 13.8. The highest BCUT2D eigenvalue weighted by Gasteiger charge is 2.37. The molecule has 118 valence electrons. The average molecular weight is 324 g/mol. The summed E-state index contributed by atoms with van der Waals surface area (Å²) in [5, 5.41) is 2.38. The summed E-state index contributed by atoms with van der Waals surface area (Å²) >= 11 is 0. The molecule has 0 aromatic heterocycles. The first kappa shape index (κ1) is 17.4. The predicted octanol–water partition coefficient (Wildman–Crippen LogP) is 1.51. The van der Waals surface area contributed by atoms with Crippen LogP contribution in [0.3, 0.4) is 0 Å². The van der Waals surface area contributed by atoms with Crippen molar-refractivity contribution in [1.82, 2.24) is 10.0 Å². The van der Waals surface area contributed by atoms with Gasteiger partial charge in [-0.25, -0.2) is 8.42 Å². The molecule has 1 rings (SSSR count). The summed E-state index contributed by atoms with van der Waals surface area (Å²) in [5.74, 6) is -0.620. The van der Waals surface area contributed by atoms with Crippen LogP contribution in [0.4, 0.5) is 13.2 Å². The second-order valence-corrected chi connectivity index (χ2v) is 5.91. The monoisotopic (exact) mass is 324 g/mol. The van der Waals surface area contributed by atoms with Gasteiger partial charge in [0.2, 0.25) is 15.9 Å². The molecule has 9 heteroatoms. The van der Waals surface area contributed by atoms with Crippen molar-refractivity contribution in [2.24, 2.45) is 0 Å². The highest BCUT2D eigenvalue weighted by atomic mass is 32.2. The Kier molecular flexibility index (Phi) is 5.35. The number of hydrogen-bond acceptors (Lipinski definition) is 3. The van der Waals surface area contributed by atoms with Crippen LogP contribution >= 0.6 is 0 Å². The Balaban J connectivity index is 3.13. The minimum atomic E-state index is -4.81. The van der Waals surface area contributed by atoms with E-state index in [2.05, 4.69) is 5.32 Å². The summed E-state index contributed by atoms with van der Waals surface area (Å²) in [6, 6.07) is 2.60. The van der Waals surface area contributed by atoms with Gasteiger partial charge in [0.15, 0.2) is 0 Å². The van der Waals surface area contributed by atoms with Gasteiger partial charge in [-0.2, -0.15) is 17.9 Å². The van der Waals surface area contributed by atoms with E-state index in [1.807, 2.05) is 4.72 Å².